The highest BCUT2D eigenvalue weighted by atomic mass is 32.1. The van der Waals surface area contributed by atoms with Crippen LogP contribution in [-0.4, -0.2) is 10.1 Å². The van der Waals surface area contributed by atoms with Gasteiger partial charge in [-0.1, -0.05) is 35.5 Å². The number of aromatic nitrogens is 2. The minimum atomic E-state index is 0.570. The first kappa shape index (κ1) is 9.30. The highest BCUT2D eigenvalue weighted by Crippen LogP contribution is 2.23. The Morgan fingerprint density at radius 1 is 1.00 bits per heavy atom. The van der Waals surface area contributed by atoms with Crippen molar-refractivity contribution in [3.8, 4) is 22.8 Å². The first-order valence-corrected chi connectivity index (χ1v) is 5.79. The maximum atomic E-state index is 5.21. The van der Waals surface area contributed by atoms with Gasteiger partial charge in [0.25, 0.3) is 5.89 Å². The van der Waals surface area contributed by atoms with Crippen LogP contribution in [0.4, 0.5) is 0 Å². The molecule has 0 unspecified atom stereocenters. The van der Waals surface area contributed by atoms with Crippen LogP contribution < -0.4 is 0 Å². The van der Waals surface area contributed by atoms with Crippen molar-refractivity contribution in [3.05, 3.63) is 47.2 Å². The normalized spacial score (nSPS) is 10.5. The molecule has 0 aliphatic rings. The molecule has 0 fully saturated rings. The molecule has 0 saturated carbocycles. The van der Waals surface area contributed by atoms with E-state index in [2.05, 4.69) is 10.1 Å². The summed E-state index contributed by atoms with van der Waals surface area (Å²) in [5.41, 5.74) is 1.94. The van der Waals surface area contributed by atoms with Crippen LogP contribution >= 0.6 is 11.3 Å². The molecule has 0 aliphatic heterocycles. The summed E-state index contributed by atoms with van der Waals surface area (Å²) < 4.78 is 5.21. The fraction of sp³-hybridized carbons (Fsp3) is 0. The SMILES string of the molecule is c1ccc(-c2noc(-c3ccsc3)n2)cc1. The summed E-state index contributed by atoms with van der Waals surface area (Å²) in [5.74, 6) is 1.20. The monoisotopic (exact) mass is 228 g/mol. The molecular weight excluding hydrogens is 220 g/mol. The summed E-state index contributed by atoms with van der Waals surface area (Å²) in [7, 11) is 0. The third kappa shape index (κ3) is 1.63. The van der Waals surface area contributed by atoms with Crippen molar-refractivity contribution < 1.29 is 4.52 Å². The molecule has 2 aromatic heterocycles. The summed E-state index contributed by atoms with van der Waals surface area (Å²) in [6.45, 7) is 0. The van der Waals surface area contributed by atoms with Crippen LogP contribution in [0.3, 0.4) is 0 Å². The van der Waals surface area contributed by atoms with Gasteiger partial charge in [-0.25, -0.2) is 0 Å². The molecule has 3 rings (SSSR count). The van der Waals surface area contributed by atoms with Gasteiger partial charge in [0.1, 0.15) is 0 Å². The van der Waals surface area contributed by atoms with E-state index in [4.69, 9.17) is 4.52 Å². The van der Waals surface area contributed by atoms with E-state index in [-0.39, 0.29) is 0 Å². The molecule has 16 heavy (non-hydrogen) atoms. The molecule has 0 bridgehead atoms. The third-order valence-electron chi connectivity index (χ3n) is 2.23. The molecule has 0 atom stereocenters. The van der Waals surface area contributed by atoms with Crippen molar-refractivity contribution >= 4 is 11.3 Å². The Morgan fingerprint density at radius 3 is 2.62 bits per heavy atom. The highest BCUT2D eigenvalue weighted by Gasteiger charge is 2.09. The van der Waals surface area contributed by atoms with Gasteiger partial charge in [0, 0.05) is 10.9 Å². The van der Waals surface area contributed by atoms with E-state index < -0.39 is 0 Å². The number of benzene rings is 1. The number of thiophene rings is 1. The van der Waals surface area contributed by atoms with E-state index in [1.165, 1.54) is 0 Å². The van der Waals surface area contributed by atoms with Crippen LogP contribution in [0.2, 0.25) is 0 Å². The lowest BCUT2D eigenvalue weighted by molar-refractivity contribution is 0.432. The van der Waals surface area contributed by atoms with Crippen molar-refractivity contribution in [1.29, 1.82) is 0 Å². The molecule has 0 amide bonds. The topological polar surface area (TPSA) is 38.9 Å². The standard InChI is InChI=1S/C12H8N2OS/c1-2-4-9(5-3-1)11-13-12(15-14-11)10-6-7-16-8-10/h1-8H. The minimum absolute atomic E-state index is 0.570. The lowest BCUT2D eigenvalue weighted by Crippen LogP contribution is -1.79. The van der Waals surface area contributed by atoms with Crippen molar-refractivity contribution in [2.45, 2.75) is 0 Å². The summed E-state index contributed by atoms with van der Waals surface area (Å²) in [4.78, 5) is 4.35. The van der Waals surface area contributed by atoms with Gasteiger partial charge in [0.15, 0.2) is 0 Å². The van der Waals surface area contributed by atoms with Crippen LogP contribution in [0.5, 0.6) is 0 Å². The smallest absolute Gasteiger partial charge is 0.259 e. The molecule has 0 spiro atoms. The fourth-order valence-electron chi connectivity index (χ4n) is 1.43. The van der Waals surface area contributed by atoms with E-state index in [1.54, 1.807) is 11.3 Å². The van der Waals surface area contributed by atoms with E-state index in [0.717, 1.165) is 11.1 Å². The zero-order valence-corrected chi connectivity index (χ0v) is 9.15. The van der Waals surface area contributed by atoms with E-state index in [1.807, 2.05) is 47.2 Å². The molecule has 1 aromatic carbocycles. The molecule has 2 heterocycles. The number of rotatable bonds is 2. The van der Waals surface area contributed by atoms with Crippen LogP contribution in [0, 0.1) is 0 Å². The van der Waals surface area contributed by atoms with Crippen LogP contribution in [0.25, 0.3) is 22.8 Å². The van der Waals surface area contributed by atoms with Crippen molar-refractivity contribution in [2.24, 2.45) is 0 Å². The molecule has 0 aliphatic carbocycles. The molecule has 78 valence electrons. The first-order chi connectivity index (χ1) is 7.93. The second-order valence-electron chi connectivity index (χ2n) is 3.30. The van der Waals surface area contributed by atoms with Gasteiger partial charge in [0.2, 0.25) is 5.82 Å². The Morgan fingerprint density at radius 2 is 1.88 bits per heavy atom. The summed E-state index contributed by atoms with van der Waals surface area (Å²) >= 11 is 1.61. The largest absolute Gasteiger partial charge is 0.334 e. The Kier molecular flexibility index (Phi) is 2.27. The van der Waals surface area contributed by atoms with Gasteiger partial charge >= 0.3 is 0 Å². The maximum absolute atomic E-state index is 5.21. The van der Waals surface area contributed by atoms with Gasteiger partial charge in [0.05, 0.1) is 5.56 Å². The quantitative estimate of drug-likeness (QED) is 0.674. The molecule has 3 nitrogen and oxygen atoms in total. The predicted octanol–water partition coefficient (Wildman–Crippen LogP) is 3.47. The highest BCUT2D eigenvalue weighted by molar-refractivity contribution is 7.08. The Balaban J connectivity index is 2.00. The van der Waals surface area contributed by atoms with E-state index in [0.29, 0.717) is 11.7 Å². The lowest BCUT2D eigenvalue weighted by Gasteiger charge is -1.90. The molecular formula is C12H8N2OS. The number of nitrogens with zero attached hydrogens (tertiary/aromatic N) is 2. The predicted molar refractivity (Wildman–Crippen MR) is 63.0 cm³/mol. The van der Waals surface area contributed by atoms with Gasteiger partial charge < -0.3 is 4.52 Å². The average molecular weight is 228 g/mol. The molecule has 4 heteroatoms. The fourth-order valence-corrected chi connectivity index (χ4v) is 2.06. The minimum Gasteiger partial charge on any atom is -0.334 e. The van der Waals surface area contributed by atoms with E-state index >= 15 is 0 Å². The van der Waals surface area contributed by atoms with Crippen LogP contribution in [-0.2, 0) is 0 Å². The zero-order chi connectivity index (χ0) is 10.8. The zero-order valence-electron chi connectivity index (χ0n) is 8.33. The summed E-state index contributed by atoms with van der Waals surface area (Å²) in [6, 6.07) is 11.8. The van der Waals surface area contributed by atoms with Gasteiger partial charge in [-0.05, 0) is 11.4 Å². The first-order valence-electron chi connectivity index (χ1n) is 4.85. The second-order valence-corrected chi connectivity index (χ2v) is 4.08. The maximum Gasteiger partial charge on any atom is 0.259 e. The van der Waals surface area contributed by atoms with Gasteiger partial charge in [-0.3, -0.25) is 0 Å². The second kappa shape index (κ2) is 3.90. The van der Waals surface area contributed by atoms with E-state index in [9.17, 15) is 0 Å². The van der Waals surface area contributed by atoms with Crippen LogP contribution in [0.15, 0.2) is 51.7 Å². The average Bonchev–Trinajstić information content (AvgIpc) is 3.01. The van der Waals surface area contributed by atoms with Crippen molar-refractivity contribution in [1.82, 2.24) is 10.1 Å². The summed E-state index contributed by atoms with van der Waals surface area (Å²) in [6.07, 6.45) is 0. The number of hydrogen-bond donors (Lipinski definition) is 0. The van der Waals surface area contributed by atoms with Gasteiger partial charge in [-0.15, -0.1) is 0 Å². The van der Waals surface area contributed by atoms with Crippen LogP contribution in [0.1, 0.15) is 0 Å². The lowest BCUT2D eigenvalue weighted by atomic mass is 10.2. The van der Waals surface area contributed by atoms with Crippen molar-refractivity contribution in [3.63, 3.8) is 0 Å². The molecule has 0 saturated heterocycles. The molecule has 3 aromatic rings. The Hall–Kier alpha value is -1.94. The third-order valence-corrected chi connectivity index (χ3v) is 2.91. The molecule has 0 radical (unpaired) electrons. The summed E-state index contributed by atoms with van der Waals surface area (Å²) in [5, 5.41) is 7.94. The molecule has 0 N–H and O–H groups in total. The Labute approximate surface area is 96.4 Å². The number of hydrogen-bond acceptors (Lipinski definition) is 4. The Bertz CT molecular complexity index is 572. The van der Waals surface area contributed by atoms with Crippen molar-refractivity contribution in [2.75, 3.05) is 0 Å². The van der Waals surface area contributed by atoms with Gasteiger partial charge in [-0.2, -0.15) is 16.3 Å².